The van der Waals surface area contributed by atoms with E-state index in [1.165, 1.54) is 19.0 Å². The smallest absolute Gasteiger partial charge is 0.417 e. The second-order valence-electron chi connectivity index (χ2n) is 12.2. The van der Waals surface area contributed by atoms with Crippen LogP contribution in [-0.4, -0.2) is 88.4 Å². The molecular weight excluding hydrogens is 547 g/mol. The summed E-state index contributed by atoms with van der Waals surface area (Å²) >= 11 is 0. The van der Waals surface area contributed by atoms with E-state index in [9.17, 15) is 47.4 Å². The van der Waals surface area contributed by atoms with Crippen LogP contribution in [-0.2, 0) is 38.3 Å². The van der Waals surface area contributed by atoms with Gasteiger partial charge in [0.05, 0.1) is 23.1 Å². The van der Waals surface area contributed by atoms with Gasteiger partial charge in [-0.25, -0.2) is 0 Å². The maximum Gasteiger partial charge on any atom is 0.417 e. The van der Waals surface area contributed by atoms with Gasteiger partial charge in [0, 0.05) is 19.0 Å². The highest BCUT2D eigenvalue weighted by Gasteiger charge is 2.69. The van der Waals surface area contributed by atoms with Crippen LogP contribution >= 0.6 is 0 Å². The van der Waals surface area contributed by atoms with Gasteiger partial charge >= 0.3 is 6.18 Å². The fourth-order valence-electron chi connectivity index (χ4n) is 7.32. The van der Waals surface area contributed by atoms with Gasteiger partial charge in [-0.15, -0.1) is 0 Å². The standard InChI is InChI=1S/C28H32F3N3O7/c1-33(2)21-15-7-12-6-14-18(16(35)8-13(20(14)28(29,30)31)10-34(3)9-11-4-5-11)22(36)17(12)24(38)27(15,41)25(39)19(23(21)37)26(32)40/h8,11-12,15,17,19,21,35,41H,4-7,9-10H2,1-3H3,(H2,32,40)/t12-,15-,17?,19?,21-,27-/m0/s1. The van der Waals surface area contributed by atoms with Crippen LogP contribution in [0.25, 0.3) is 0 Å². The van der Waals surface area contributed by atoms with Gasteiger partial charge in [-0.3, -0.25) is 28.9 Å². The Labute approximate surface area is 233 Å². The number of hydrogen-bond acceptors (Lipinski definition) is 9. The third kappa shape index (κ3) is 4.49. The zero-order valence-electron chi connectivity index (χ0n) is 22.8. The van der Waals surface area contributed by atoms with Gasteiger partial charge in [-0.1, -0.05) is 0 Å². The van der Waals surface area contributed by atoms with Gasteiger partial charge < -0.3 is 20.8 Å². The average molecular weight is 580 g/mol. The number of Topliss-reactive ketones (excluding diaryl/α,β-unsaturated/α-hetero) is 4. The van der Waals surface area contributed by atoms with E-state index < -0.39 is 99.4 Å². The molecule has 3 fully saturated rings. The first-order valence-electron chi connectivity index (χ1n) is 13.5. The molecule has 0 aromatic heterocycles. The predicted molar refractivity (Wildman–Crippen MR) is 135 cm³/mol. The number of nitrogens with zero attached hydrogens (tertiary/aromatic N) is 2. The summed E-state index contributed by atoms with van der Waals surface area (Å²) < 4.78 is 43.7. The zero-order chi connectivity index (χ0) is 30.3. The molecule has 4 aliphatic carbocycles. The summed E-state index contributed by atoms with van der Waals surface area (Å²) in [7, 11) is 4.53. The predicted octanol–water partition coefficient (Wildman–Crippen LogP) is 0.728. The Hall–Kier alpha value is -3.16. The lowest BCUT2D eigenvalue weighted by atomic mass is 9.52. The van der Waals surface area contributed by atoms with E-state index in [1.807, 2.05) is 0 Å². The minimum Gasteiger partial charge on any atom is -0.507 e. The second-order valence-corrected chi connectivity index (χ2v) is 12.2. The number of amides is 1. The Morgan fingerprint density at radius 2 is 1.76 bits per heavy atom. The first kappa shape index (κ1) is 29.3. The van der Waals surface area contributed by atoms with Crippen LogP contribution in [0.2, 0.25) is 0 Å². The molecule has 1 aromatic rings. The molecule has 222 valence electrons. The number of aromatic hydroxyl groups is 1. The van der Waals surface area contributed by atoms with Crippen molar-refractivity contribution >= 4 is 29.0 Å². The van der Waals surface area contributed by atoms with Crippen molar-refractivity contribution in [1.29, 1.82) is 0 Å². The van der Waals surface area contributed by atoms with Gasteiger partial charge in [0.15, 0.2) is 34.7 Å². The van der Waals surface area contributed by atoms with E-state index in [1.54, 1.807) is 11.9 Å². The van der Waals surface area contributed by atoms with Crippen LogP contribution in [0, 0.1) is 29.6 Å². The summed E-state index contributed by atoms with van der Waals surface area (Å²) in [5, 5.41) is 22.4. The molecule has 3 saturated carbocycles. The molecule has 1 aromatic carbocycles. The number of alkyl halides is 3. The van der Waals surface area contributed by atoms with Crippen LogP contribution in [0.1, 0.15) is 46.3 Å². The number of primary amides is 1. The number of carbonyl (C=O) groups is 5. The summed E-state index contributed by atoms with van der Waals surface area (Å²) in [4.78, 5) is 69.1. The summed E-state index contributed by atoms with van der Waals surface area (Å²) in [5.41, 5.74) is -0.0304. The Morgan fingerprint density at radius 1 is 1.12 bits per heavy atom. The van der Waals surface area contributed by atoms with E-state index >= 15 is 0 Å². The molecule has 1 amide bonds. The molecule has 0 bridgehead atoms. The number of halogens is 3. The lowest BCUT2D eigenvalue weighted by molar-refractivity contribution is -0.181. The number of aliphatic hydroxyl groups is 1. The van der Waals surface area contributed by atoms with Crippen molar-refractivity contribution in [2.45, 2.75) is 50.0 Å². The molecule has 4 aliphatic rings. The van der Waals surface area contributed by atoms with E-state index in [0.717, 1.165) is 18.9 Å². The number of rotatable bonds is 6. The van der Waals surface area contributed by atoms with Crippen LogP contribution in [0.5, 0.6) is 5.75 Å². The molecule has 0 radical (unpaired) electrons. The third-order valence-corrected chi connectivity index (χ3v) is 9.14. The highest BCUT2D eigenvalue weighted by atomic mass is 19.4. The SMILES string of the molecule is CN(Cc1cc(O)c2c(c1C(F)(F)F)C[C@H]1C[C@H]3[C@H](N(C)C)C(=O)C(C(N)=O)C(=O)[C@@]3(O)C(=O)C1C2=O)CC1CC1. The number of ketones is 4. The second kappa shape index (κ2) is 9.70. The lowest BCUT2D eigenvalue weighted by Crippen LogP contribution is -2.74. The average Bonchev–Trinajstić information content (AvgIpc) is 3.63. The van der Waals surface area contributed by atoms with Crippen LogP contribution < -0.4 is 5.73 Å². The van der Waals surface area contributed by atoms with Crippen molar-refractivity contribution < 1.29 is 47.4 Å². The summed E-state index contributed by atoms with van der Waals surface area (Å²) in [5.74, 6) is -12.9. The fraction of sp³-hybridized carbons (Fsp3) is 0.607. The summed E-state index contributed by atoms with van der Waals surface area (Å²) in [6.07, 6.45) is -3.69. The van der Waals surface area contributed by atoms with Crippen molar-refractivity contribution in [3.8, 4) is 5.75 Å². The normalized spacial score (nSPS) is 31.8. The van der Waals surface area contributed by atoms with Gasteiger partial charge in [0.2, 0.25) is 5.91 Å². The number of phenolic OH excluding ortho intramolecular Hbond substituents is 1. The fourth-order valence-corrected chi connectivity index (χ4v) is 7.32. The molecule has 2 unspecified atom stereocenters. The Kier molecular flexibility index (Phi) is 6.94. The minimum absolute atomic E-state index is 0.129. The lowest BCUT2D eigenvalue weighted by Gasteiger charge is -2.52. The molecule has 5 rings (SSSR count). The van der Waals surface area contributed by atoms with Crippen molar-refractivity contribution in [2.75, 3.05) is 27.7 Å². The molecule has 41 heavy (non-hydrogen) atoms. The van der Waals surface area contributed by atoms with Crippen molar-refractivity contribution in [3.63, 3.8) is 0 Å². The summed E-state index contributed by atoms with van der Waals surface area (Å²) in [6, 6.07) is -0.446. The van der Waals surface area contributed by atoms with Crippen molar-refractivity contribution in [3.05, 3.63) is 28.3 Å². The van der Waals surface area contributed by atoms with Crippen LogP contribution in [0.15, 0.2) is 6.07 Å². The number of carbonyl (C=O) groups excluding carboxylic acids is 5. The highest BCUT2D eigenvalue weighted by molar-refractivity contribution is 6.32. The van der Waals surface area contributed by atoms with Gasteiger partial charge in [-0.05, 0) is 75.9 Å². The zero-order valence-corrected chi connectivity index (χ0v) is 22.8. The quantitative estimate of drug-likeness (QED) is 0.413. The first-order valence-corrected chi connectivity index (χ1v) is 13.5. The molecule has 13 heteroatoms. The molecule has 10 nitrogen and oxygen atoms in total. The molecule has 0 heterocycles. The number of nitrogens with two attached hydrogens (primary N) is 1. The maximum absolute atomic E-state index is 14.6. The maximum atomic E-state index is 14.6. The molecule has 4 N–H and O–H groups in total. The molecule has 6 atom stereocenters. The van der Waals surface area contributed by atoms with Gasteiger partial charge in [0.25, 0.3) is 0 Å². The Bertz CT molecular complexity index is 1370. The number of likely N-dealkylation sites (N-methyl/N-ethyl adjacent to an activating group) is 1. The monoisotopic (exact) mass is 579 g/mol. The van der Waals surface area contributed by atoms with Crippen LogP contribution in [0.4, 0.5) is 13.2 Å². The molecule has 0 aliphatic heterocycles. The molecular formula is C28H32F3N3O7. The number of phenols is 1. The minimum atomic E-state index is -4.89. The van der Waals surface area contributed by atoms with E-state index in [2.05, 4.69) is 0 Å². The summed E-state index contributed by atoms with van der Waals surface area (Å²) in [6.45, 7) is 0.448. The Morgan fingerprint density at radius 3 is 2.29 bits per heavy atom. The van der Waals surface area contributed by atoms with Gasteiger partial charge in [0.1, 0.15) is 5.75 Å². The number of hydrogen-bond donors (Lipinski definition) is 3. The largest absolute Gasteiger partial charge is 0.507 e. The van der Waals surface area contributed by atoms with Crippen LogP contribution in [0.3, 0.4) is 0 Å². The molecule has 0 saturated heterocycles. The topological polar surface area (TPSA) is 158 Å². The highest BCUT2D eigenvalue weighted by Crippen LogP contribution is 2.52. The van der Waals surface area contributed by atoms with Crippen molar-refractivity contribution in [1.82, 2.24) is 9.80 Å². The van der Waals surface area contributed by atoms with E-state index in [4.69, 9.17) is 5.73 Å². The Balaban J connectivity index is 1.62. The molecule has 0 spiro atoms. The number of fused-ring (bicyclic) bond motifs is 3. The third-order valence-electron chi connectivity index (χ3n) is 9.14. The van der Waals surface area contributed by atoms with Crippen molar-refractivity contribution in [2.24, 2.45) is 35.3 Å². The van der Waals surface area contributed by atoms with E-state index in [-0.39, 0.29) is 18.5 Å². The number of benzene rings is 1. The van der Waals surface area contributed by atoms with Gasteiger partial charge in [-0.2, -0.15) is 13.2 Å². The first-order chi connectivity index (χ1) is 19.0. The van der Waals surface area contributed by atoms with E-state index in [0.29, 0.717) is 12.5 Å².